The molecule has 8 atom stereocenters. The average Bonchev–Trinajstić information content (AvgIpc) is 3.00. The van der Waals surface area contributed by atoms with Crippen LogP contribution < -0.4 is 0 Å². The van der Waals surface area contributed by atoms with E-state index in [9.17, 15) is 20.1 Å². The molecule has 0 aromatic heterocycles. The van der Waals surface area contributed by atoms with Gasteiger partial charge in [-0.3, -0.25) is 4.79 Å². The molecule has 0 aromatic rings. The SMILES string of the molecule is CC[C@]1(C)C[C@@H](O)[C@@]2(C)C3[C@H](CO)CC[C@@]3(CC[C@H]2CO)[C@H](C)C1=O. The van der Waals surface area contributed by atoms with Gasteiger partial charge in [-0.25, -0.2) is 0 Å². The van der Waals surface area contributed by atoms with Crippen LogP contribution in [0.2, 0.25) is 0 Å². The second-order valence-corrected chi connectivity index (χ2v) is 9.70. The molecule has 3 fully saturated rings. The van der Waals surface area contributed by atoms with Crippen molar-refractivity contribution in [1.29, 1.82) is 0 Å². The highest BCUT2D eigenvalue weighted by molar-refractivity contribution is 5.87. The van der Waals surface area contributed by atoms with Crippen LogP contribution in [0.5, 0.6) is 0 Å². The maximum atomic E-state index is 13.5. The molecule has 1 unspecified atom stereocenters. The van der Waals surface area contributed by atoms with Crippen molar-refractivity contribution in [2.75, 3.05) is 13.2 Å². The molecule has 0 saturated heterocycles. The number of aliphatic hydroxyl groups is 3. The van der Waals surface area contributed by atoms with Gasteiger partial charge >= 0.3 is 0 Å². The lowest BCUT2D eigenvalue weighted by Gasteiger charge is -2.62. The van der Waals surface area contributed by atoms with E-state index in [1.165, 1.54) is 0 Å². The van der Waals surface area contributed by atoms with Gasteiger partial charge < -0.3 is 15.3 Å². The summed E-state index contributed by atoms with van der Waals surface area (Å²) >= 11 is 0. The fourth-order valence-corrected chi connectivity index (χ4v) is 7.18. The van der Waals surface area contributed by atoms with Crippen LogP contribution in [0, 0.1) is 39.9 Å². The Labute approximate surface area is 152 Å². The van der Waals surface area contributed by atoms with Crippen molar-refractivity contribution in [3.05, 3.63) is 0 Å². The number of ketones is 1. The quantitative estimate of drug-likeness (QED) is 0.730. The number of hydrogen-bond donors (Lipinski definition) is 3. The maximum Gasteiger partial charge on any atom is 0.142 e. The number of Topliss-reactive ketones (excluding diaryl/α,β-unsaturated/α-hetero) is 1. The molecule has 2 bridgehead atoms. The van der Waals surface area contributed by atoms with E-state index < -0.39 is 16.9 Å². The molecule has 3 rings (SSSR count). The fourth-order valence-electron chi connectivity index (χ4n) is 7.18. The van der Waals surface area contributed by atoms with E-state index in [1.54, 1.807) is 0 Å². The summed E-state index contributed by atoms with van der Waals surface area (Å²) in [6, 6.07) is 0. The molecule has 3 N–H and O–H groups in total. The normalized spacial score (nSPS) is 53.2. The predicted octanol–water partition coefficient (Wildman–Crippen LogP) is 2.79. The van der Waals surface area contributed by atoms with Gasteiger partial charge in [0, 0.05) is 30.0 Å². The van der Waals surface area contributed by atoms with Gasteiger partial charge in [0.25, 0.3) is 0 Å². The number of rotatable bonds is 3. The number of carbonyl (C=O) groups excluding carboxylic acids is 1. The predicted molar refractivity (Wildman–Crippen MR) is 96.8 cm³/mol. The summed E-state index contributed by atoms with van der Waals surface area (Å²) in [5.41, 5.74) is -1.09. The van der Waals surface area contributed by atoms with Gasteiger partial charge in [0.2, 0.25) is 0 Å². The molecule has 0 radical (unpaired) electrons. The molecule has 0 aromatic carbocycles. The van der Waals surface area contributed by atoms with Crippen molar-refractivity contribution < 1.29 is 20.1 Å². The molecular weight excluding hydrogens is 316 g/mol. The zero-order valence-electron chi connectivity index (χ0n) is 16.3. The zero-order chi connectivity index (χ0) is 18.6. The molecule has 25 heavy (non-hydrogen) atoms. The molecular formula is C21H36O4. The van der Waals surface area contributed by atoms with Gasteiger partial charge in [0.05, 0.1) is 6.10 Å². The largest absolute Gasteiger partial charge is 0.396 e. The van der Waals surface area contributed by atoms with Crippen LogP contribution in [0.3, 0.4) is 0 Å². The molecule has 144 valence electrons. The molecule has 3 saturated carbocycles. The summed E-state index contributed by atoms with van der Waals surface area (Å²) in [5, 5.41) is 31.5. The minimum absolute atomic E-state index is 0.0364. The lowest BCUT2D eigenvalue weighted by atomic mass is 9.43. The Morgan fingerprint density at radius 2 is 1.76 bits per heavy atom. The third-order valence-electron chi connectivity index (χ3n) is 9.03. The molecule has 4 nitrogen and oxygen atoms in total. The smallest absolute Gasteiger partial charge is 0.142 e. The highest BCUT2D eigenvalue weighted by Crippen LogP contribution is 2.69. The molecule has 0 aliphatic heterocycles. The number of carbonyl (C=O) groups is 1. The van der Waals surface area contributed by atoms with E-state index in [0.29, 0.717) is 12.2 Å². The first-order valence-electron chi connectivity index (χ1n) is 10.2. The summed E-state index contributed by atoms with van der Waals surface area (Å²) in [6.07, 6.45) is 4.23. The number of hydrogen-bond acceptors (Lipinski definition) is 4. The van der Waals surface area contributed by atoms with Crippen LogP contribution in [-0.4, -0.2) is 40.4 Å². The van der Waals surface area contributed by atoms with Crippen LogP contribution >= 0.6 is 0 Å². The summed E-state index contributed by atoms with van der Waals surface area (Å²) in [7, 11) is 0. The van der Waals surface area contributed by atoms with Crippen LogP contribution in [0.4, 0.5) is 0 Å². The Morgan fingerprint density at radius 1 is 1.12 bits per heavy atom. The average molecular weight is 353 g/mol. The Kier molecular flexibility index (Phi) is 4.88. The summed E-state index contributed by atoms with van der Waals surface area (Å²) in [6.45, 7) is 8.46. The van der Waals surface area contributed by atoms with E-state index in [1.807, 2.05) is 13.8 Å². The Bertz CT molecular complexity index is 534. The van der Waals surface area contributed by atoms with Gasteiger partial charge in [-0.15, -0.1) is 0 Å². The van der Waals surface area contributed by atoms with Crippen molar-refractivity contribution in [1.82, 2.24) is 0 Å². The minimum Gasteiger partial charge on any atom is -0.396 e. The summed E-state index contributed by atoms with van der Waals surface area (Å²) in [4.78, 5) is 13.5. The highest BCUT2D eigenvalue weighted by atomic mass is 16.3. The second kappa shape index (κ2) is 6.31. The van der Waals surface area contributed by atoms with Crippen LogP contribution in [-0.2, 0) is 4.79 Å². The zero-order valence-corrected chi connectivity index (χ0v) is 16.3. The molecule has 0 amide bonds. The van der Waals surface area contributed by atoms with Crippen molar-refractivity contribution in [3.8, 4) is 0 Å². The Balaban J connectivity index is 2.20. The van der Waals surface area contributed by atoms with Crippen LogP contribution in [0.25, 0.3) is 0 Å². The van der Waals surface area contributed by atoms with E-state index in [-0.39, 0.29) is 42.3 Å². The monoisotopic (exact) mass is 352 g/mol. The molecule has 4 heteroatoms. The van der Waals surface area contributed by atoms with Crippen molar-refractivity contribution in [2.24, 2.45) is 39.9 Å². The lowest BCUT2D eigenvalue weighted by Crippen LogP contribution is -2.62. The minimum atomic E-state index is -0.622. The fraction of sp³-hybridized carbons (Fsp3) is 0.952. The lowest BCUT2D eigenvalue weighted by molar-refractivity contribution is -0.191. The highest BCUT2D eigenvalue weighted by Gasteiger charge is 2.67. The molecule has 0 heterocycles. The third kappa shape index (κ3) is 2.40. The first-order valence-corrected chi connectivity index (χ1v) is 10.2. The topological polar surface area (TPSA) is 77.8 Å². The van der Waals surface area contributed by atoms with Crippen molar-refractivity contribution >= 4 is 5.78 Å². The molecule has 0 spiro atoms. The number of aliphatic hydroxyl groups excluding tert-OH is 3. The van der Waals surface area contributed by atoms with Gasteiger partial charge in [0.15, 0.2) is 0 Å². The van der Waals surface area contributed by atoms with Crippen LogP contribution in [0.15, 0.2) is 0 Å². The van der Waals surface area contributed by atoms with Gasteiger partial charge in [-0.1, -0.05) is 27.7 Å². The van der Waals surface area contributed by atoms with Crippen molar-refractivity contribution in [3.63, 3.8) is 0 Å². The van der Waals surface area contributed by atoms with Crippen molar-refractivity contribution in [2.45, 2.75) is 72.3 Å². The molecule has 3 aliphatic carbocycles. The van der Waals surface area contributed by atoms with E-state index in [0.717, 1.165) is 32.1 Å². The summed E-state index contributed by atoms with van der Waals surface area (Å²) < 4.78 is 0. The van der Waals surface area contributed by atoms with E-state index in [2.05, 4.69) is 13.8 Å². The van der Waals surface area contributed by atoms with Gasteiger partial charge in [0.1, 0.15) is 5.78 Å². The maximum absolute atomic E-state index is 13.5. The van der Waals surface area contributed by atoms with Gasteiger partial charge in [-0.05, 0) is 61.7 Å². The summed E-state index contributed by atoms with van der Waals surface area (Å²) in [5.74, 6) is 0.503. The third-order valence-corrected chi connectivity index (χ3v) is 9.03. The van der Waals surface area contributed by atoms with Crippen LogP contribution in [0.1, 0.15) is 66.2 Å². The Hall–Kier alpha value is -0.450. The first kappa shape index (κ1) is 19.3. The van der Waals surface area contributed by atoms with E-state index in [4.69, 9.17) is 0 Å². The van der Waals surface area contributed by atoms with Gasteiger partial charge in [-0.2, -0.15) is 0 Å². The standard InChI is InChI=1S/C21H36O4/c1-5-19(3)10-16(24)20(4)15(12-23)7-9-21(13(2)18(19)25)8-6-14(11-22)17(20)21/h13-17,22-24H,5-12H2,1-4H3/t13-,14+,15+,16-,17?,19-,20+,21-/m1/s1. The Morgan fingerprint density at radius 3 is 2.32 bits per heavy atom. The van der Waals surface area contributed by atoms with E-state index >= 15 is 0 Å². The molecule has 3 aliphatic rings. The first-order chi connectivity index (χ1) is 11.7. The second-order valence-electron chi connectivity index (χ2n) is 9.70.